The van der Waals surface area contributed by atoms with E-state index in [1.807, 2.05) is 32.0 Å². The molecule has 0 atom stereocenters. The second kappa shape index (κ2) is 5.26. The van der Waals surface area contributed by atoms with Crippen LogP contribution in [-0.2, 0) is 16.8 Å². The van der Waals surface area contributed by atoms with Crippen LogP contribution in [0.15, 0.2) is 42.7 Å². The average Bonchev–Trinajstić information content (AvgIpc) is 2.75. The Morgan fingerprint density at radius 1 is 1.23 bits per heavy atom. The number of carbonyl (C=O) groups excluding carboxylic acids is 2. The number of hydrogen-bond donors (Lipinski definition) is 2. The number of rotatable bonds is 3. The van der Waals surface area contributed by atoms with Gasteiger partial charge in [-0.25, -0.2) is 0 Å². The van der Waals surface area contributed by atoms with E-state index in [9.17, 15) is 9.59 Å². The summed E-state index contributed by atoms with van der Waals surface area (Å²) >= 11 is 0. The van der Waals surface area contributed by atoms with Crippen LogP contribution in [0.3, 0.4) is 0 Å². The molecule has 3 rings (SSSR count). The summed E-state index contributed by atoms with van der Waals surface area (Å²) in [4.78, 5) is 27.8. The lowest BCUT2D eigenvalue weighted by Gasteiger charge is -2.16. The van der Waals surface area contributed by atoms with E-state index in [4.69, 9.17) is 0 Å². The summed E-state index contributed by atoms with van der Waals surface area (Å²) in [7, 11) is 0. The van der Waals surface area contributed by atoms with E-state index >= 15 is 0 Å². The van der Waals surface area contributed by atoms with E-state index in [1.165, 1.54) is 0 Å². The molecule has 2 amide bonds. The van der Waals surface area contributed by atoms with Gasteiger partial charge in [0, 0.05) is 30.2 Å². The molecule has 2 heterocycles. The molecule has 0 unspecified atom stereocenters. The molecule has 0 bridgehead atoms. The number of amides is 2. The van der Waals surface area contributed by atoms with Gasteiger partial charge in [0.25, 0.3) is 5.91 Å². The van der Waals surface area contributed by atoms with E-state index in [-0.39, 0.29) is 11.8 Å². The van der Waals surface area contributed by atoms with E-state index < -0.39 is 5.41 Å². The molecule has 5 nitrogen and oxygen atoms in total. The number of carbonyl (C=O) groups is 2. The number of pyridine rings is 1. The minimum absolute atomic E-state index is 0.000436. The summed E-state index contributed by atoms with van der Waals surface area (Å²) in [5, 5.41) is 5.75. The lowest BCUT2D eigenvalue weighted by molar-refractivity contribution is -0.119. The maximum atomic E-state index is 12.0. The van der Waals surface area contributed by atoms with Crippen molar-refractivity contribution in [3.63, 3.8) is 0 Å². The summed E-state index contributed by atoms with van der Waals surface area (Å²) in [6.45, 7) is 4.21. The summed E-state index contributed by atoms with van der Waals surface area (Å²) in [5.74, 6) is -0.142. The largest absolute Gasteiger partial charge is 0.348 e. The molecule has 0 saturated carbocycles. The number of aromatic nitrogens is 1. The van der Waals surface area contributed by atoms with Gasteiger partial charge in [-0.2, -0.15) is 0 Å². The molecule has 1 aromatic heterocycles. The highest BCUT2D eigenvalue weighted by atomic mass is 16.2. The summed E-state index contributed by atoms with van der Waals surface area (Å²) in [5.41, 5.74) is 2.81. The monoisotopic (exact) mass is 295 g/mol. The van der Waals surface area contributed by atoms with Crippen LogP contribution in [0.4, 0.5) is 5.69 Å². The van der Waals surface area contributed by atoms with Gasteiger partial charge >= 0.3 is 0 Å². The predicted molar refractivity (Wildman–Crippen MR) is 83.5 cm³/mol. The van der Waals surface area contributed by atoms with Crippen LogP contribution in [-0.4, -0.2) is 16.8 Å². The van der Waals surface area contributed by atoms with Gasteiger partial charge < -0.3 is 10.6 Å². The SMILES string of the molecule is CC1(C)C(=O)Nc2ccc(CNC(=O)c3ccncc3)cc21. The van der Waals surface area contributed by atoms with Gasteiger partial charge in [-0.1, -0.05) is 12.1 Å². The van der Waals surface area contributed by atoms with E-state index in [0.717, 1.165) is 16.8 Å². The van der Waals surface area contributed by atoms with Crippen molar-refractivity contribution in [2.45, 2.75) is 25.8 Å². The Morgan fingerprint density at radius 3 is 2.68 bits per heavy atom. The van der Waals surface area contributed by atoms with Gasteiger partial charge in [0.05, 0.1) is 5.41 Å². The minimum Gasteiger partial charge on any atom is -0.348 e. The quantitative estimate of drug-likeness (QED) is 0.912. The lowest BCUT2D eigenvalue weighted by Crippen LogP contribution is -2.27. The topological polar surface area (TPSA) is 71.1 Å². The van der Waals surface area contributed by atoms with Crippen molar-refractivity contribution in [3.05, 3.63) is 59.4 Å². The third kappa shape index (κ3) is 2.45. The highest BCUT2D eigenvalue weighted by Gasteiger charge is 2.38. The number of fused-ring (bicyclic) bond motifs is 1. The molecule has 0 saturated heterocycles. The maximum Gasteiger partial charge on any atom is 0.251 e. The zero-order chi connectivity index (χ0) is 15.7. The van der Waals surface area contributed by atoms with Crippen LogP contribution < -0.4 is 10.6 Å². The molecule has 22 heavy (non-hydrogen) atoms. The van der Waals surface area contributed by atoms with Crippen molar-refractivity contribution in [3.8, 4) is 0 Å². The number of benzene rings is 1. The Balaban J connectivity index is 1.74. The van der Waals surface area contributed by atoms with Crippen LogP contribution in [0, 0.1) is 0 Å². The van der Waals surface area contributed by atoms with E-state index in [1.54, 1.807) is 24.5 Å². The Hall–Kier alpha value is -2.69. The molecule has 0 radical (unpaired) electrons. The molecule has 5 heteroatoms. The second-order valence-corrected chi connectivity index (χ2v) is 5.88. The fraction of sp³-hybridized carbons (Fsp3) is 0.235. The van der Waals surface area contributed by atoms with E-state index in [0.29, 0.717) is 12.1 Å². The van der Waals surface area contributed by atoms with Crippen LogP contribution in [0.2, 0.25) is 0 Å². The van der Waals surface area contributed by atoms with Gasteiger partial charge in [0.2, 0.25) is 5.91 Å². The molecule has 1 aliphatic heterocycles. The molecule has 0 fully saturated rings. The molecular formula is C17H17N3O2. The highest BCUT2D eigenvalue weighted by molar-refractivity contribution is 6.05. The minimum atomic E-state index is -0.541. The number of anilines is 1. The molecule has 2 aromatic rings. The lowest BCUT2D eigenvalue weighted by atomic mass is 9.85. The first-order valence-electron chi connectivity index (χ1n) is 7.11. The zero-order valence-electron chi connectivity index (χ0n) is 12.5. The number of nitrogens with one attached hydrogen (secondary N) is 2. The smallest absolute Gasteiger partial charge is 0.251 e. The van der Waals surface area contributed by atoms with Crippen molar-refractivity contribution in [2.24, 2.45) is 0 Å². The summed E-state index contributed by atoms with van der Waals surface area (Å²) < 4.78 is 0. The fourth-order valence-electron chi connectivity index (χ4n) is 2.52. The Labute approximate surface area is 128 Å². The zero-order valence-corrected chi connectivity index (χ0v) is 12.5. The first-order chi connectivity index (χ1) is 10.5. The van der Waals surface area contributed by atoms with Crippen molar-refractivity contribution in [1.82, 2.24) is 10.3 Å². The number of nitrogens with zero attached hydrogens (tertiary/aromatic N) is 1. The third-order valence-corrected chi connectivity index (χ3v) is 3.97. The number of hydrogen-bond acceptors (Lipinski definition) is 3. The molecule has 0 spiro atoms. The van der Waals surface area contributed by atoms with Crippen LogP contribution in [0.1, 0.15) is 35.3 Å². The van der Waals surface area contributed by atoms with Gasteiger partial charge in [0.1, 0.15) is 0 Å². The Bertz CT molecular complexity index is 739. The standard InChI is InChI=1S/C17H17N3O2/c1-17(2)13-9-11(3-4-14(13)20-16(17)22)10-19-15(21)12-5-7-18-8-6-12/h3-9H,10H2,1-2H3,(H,19,21)(H,20,22). The van der Waals surface area contributed by atoms with Crippen molar-refractivity contribution in [1.29, 1.82) is 0 Å². The predicted octanol–water partition coefficient (Wildman–Crippen LogP) is 2.24. The summed E-state index contributed by atoms with van der Waals surface area (Å²) in [6, 6.07) is 9.11. The van der Waals surface area contributed by atoms with E-state index in [2.05, 4.69) is 15.6 Å². The maximum absolute atomic E-state index is 12.0. The Kier molecular flexibility index (Phi) is 3.41. The first kappa shape index (κ1) is 14.3. The fourth-order valence-corrected chi connectivity index (χ4v) is 2.52. The second-order valence-electron chi connectivity index (χ2n) is 5.88. The Morgan fingerprint density at radius 2 is 1.95 bits per heavy atom. The van der Waals surface area contributed by atoms with Crippen LogP contribution in [0.25, 0.3) is 0 Å². The molecule has 1 aromatic carbocycles. The van der Waals surface area contributed by atoms with Gasteiger partial charge in [-0.05, 0) is 43.2 Å². The van der Waals surface area contributed by atoms with Crippen molar-refractivity contribution < 1.29 is 9.59 Å². The van der Waals surface area contributed by atoms with Crippen molar-refractivity contribution in [2.75, 3.05) is 5.32 Å². The van der Waals surface area contributed by atoms with Crippen LogP contribution >= 0.6 is 0 Å². The summed E-state index contributed by atoms with van der Waals surface area (Å²) in [6.07, 6.45) is 3.17. The van der Waals surface area contributed by atoms with Crippen molar-refractivity contribution >= 4 is 17.5 Å². The van der Waals surface area contributed by atoms with Crippen LogP contribution in [0.5, 0.6) is 0 Å². The van der Waals surface area contributed by atoms with Gasteiger partial charge in [0.15, 0.2) is 0 Å². The molecule has 112 valence electrons. The highest BCUT2D eigenvalue weighted by Crippen LogP contribution is 2.37. The first-order valence-corrected chi connectivity index (χ1v) is 7.11. The molecule has 1 aliphatic rings. The molecule has 2 N–H and O–H groups in total. The van der Waals surface area contributed by atoms with Gasteiger partial charge in [-0.3, -0.25) is 14.6 Å². The average molecular weight is 295 g/mol. The normalized spacial score (nSPS) is 15.1. The van der Waals surface area contributed by atoms with Gasteiger partial charge in [-0.15, -0.1) is 0 Å². The molecular weight excluding hydrogens is 278 g/mol. The molecule has 0 aliphatic carbocycles. The third-order valence-electron chi connectivity index (χ3n) is 3.97.